The van der Waals surface area contributed by atoms with Crippen LogP contribution >= 0.6 is 0 Å². The maximum absolute atomic E-state index is 12.3. The van der Waals surface area contributed by atoms with E-state index in [0.29, 0.717) is 17.7 Å². The van der Waals surface area contributed by atoms with Crippen molar-refractivity contribution in [3.63, 3.8) is 0 Å². The molecule has 1 rings (SSSR count). The number of aryl methyl sites for hydroxylation is 1. The molecule has 104 valence electrons. The second-order valence-corrected chi connectivity index (χ2v) is 4.55. The molecule has 5 nitrogen and oxygen atoms in total. The number of nitrogens with two attached hydrogens (primary N) is 1. The highest BCUT2D eigenvalue weighted by molar-refractivity contribution is 5.96. The lowest BCUT2D eigenvalue weighted by Crippen LogP contribution is -2.39. The van der Waals surface area contributed by atoms with Crippen LogP contribution in [0.5, 0.6) is 5.75 Å². The topological polar surface area (TPSA) is 83.6 Å². The molecule has 1 aromatic rings. The van der Waals surface area contributed by atoms with Crippen LogP contribution in [0.4, 0.5) is 0 Å². The number of aromatic hydroxyl groups is 1. The molecule has 0 radical (unpaired) electrons. The zero-order valence-corrected chi connectivity index (χ0v) is 11.3. The largest absolute Gasteiger partial charge is 0.508 e. The fourth-order valence-corrected chi connectivity index (χ4v) is 1.71. The third-order valence-electron chi connectivity index (χ3n) is 2.87. The highest BCUT2D eigenvalue weighted by Crippen LogP contribution is 2.18. The van der Waals surface area contributed by atoms with E-state index in [2.05, 4.69) is 0 Å². The first kappa shape index (κ1) is 15.0. The number of nitrogens with zero attached hydrogens (tertiary/aromatic N) is 1. The highest BCUT2D eigenvalue weighted by atomic mass is 16.3. The molecule has 0 saturated carbocycles. The summed E-state index contributed by atoms with van der Waals surface area (Å²) >= 11 is 0. The molecule has 0 saturated heterocycles. The highest BCUT2D eigenvalue weighted by Gasteiger charge is 2.17. The van der Waals surface area contributed by atoms with Crippen LogP contribution in [0.1, 0.15) is 35.7 Å². The number of phenols is 1. The van der Waals surface area contributed by atoms with Gasteiger partial charge in [0, 0.05) is 12.1 Å². The molecule has 19 heavy (non-hydrogen) atoms. The average molecular weight is 264 g/mol. The SMILES string of the molecule is CCCCN(CC(N)=O)C(=O)c1ccc(C)c(O)c1. The molecule has 0 bridgehead atoms. The Kier molecular flexibility index (Phi) is 5.36. The Labute approximate surface area is 113 Å². The summed E-state index contributed by atoms with van der Waals surface area (Å²) in [5, 5.41) is 9.63. The summed E-state index contributed by atoms with van der Waals surface area (Å²) in [7, 11) is 0. The number of rotatable bonds is 6. The number of amides is 2. The van der Waals surface area contributed by atoms with Crippen molar-refractivity contribution in [2.45, 2.75) is 26.7 Å². The van der Waals surface area contributed by atoms with Crippen LogP contribution in [-0.2, 0) is 4.79 Å². The fourth-order valence-electron chi connectivity index (χ4n) is 1.71. The minimum absolute atomic E-state index is 0.0698. The van der Waals surface area contributed by atoms with Crippen LogP contribution in [0.2, 0.25) is 0 Å². The third-order valence-corrected chi connectivity index (χ3v) is 2.87. The number of carbonyl (C=O) groups excluding carboxylic acids is 2. The van der Waals surface area contributed by atoms with Gasteiger partial charge in [0.2, 0.25) is 5.91 Å². The molecule has 0 spiro atoms. The summed E-state index contributed by atoms with van der Waals surface area (Å²) in [4.78, 5) is 24.7. The first-order chi connectivity index (χ1) is 8.95. The van der Waals surface area contributed by atoms with Gasteiger partial charge >= 0.3 is 0 Å². The molecule has 0 aliphatic heterocycles. The minimum atomic E-state index is -0.541. The molecule has 0 heterocycles. The molecule has 2 amide bonds. The summed E-state index contributed by atoms with van der Waals surface area (Å²) < 4.78 is 0. The first-order valence-corrected chi connectivity index (χ1v) is 6.33. The molecule has 0 unspecified atom stereocenters. The van der Waals surface area contributed by atoms with Crippen LogP contribution in [0, 0.1) is 6.92 Å². The predicted octanol–water partition coefficient (Wildman–Crippen LogP) is 1.43. The quantitative estimate of drug-likeness (QED) is 0.815. The number of phenolic OH excluding ortho intramolecular Hbond substituents is 1. The Hall–Kier alpha value is -2.04. The smallest absolute Gasteiger partial charge is 0.254 e. The van der Waals surface area contributed by atoms with Crippen LogP contribution in [0.25, 0.3) is 0 Å². The van der Waals surface area contributed by atoms with Crippen LogP contribution in [0.3, 0.4) is 0 Å². The predicted molar refractivity (Wildman–Crippen MR) is 72.8 cm³/mol. The van der Waals surface area contributed by atoms with Crippen molar-refractivity contribution in [3.05, 3.63) is 29.3 Å². The Balaban J connectivity index is 2.90. The lowest BCUT2D eigenvalue weighted by Gasteiger charge is -2.21. The van der Waals surface area contributed by atoms with Gasteiger partial charge in [0.25, 0.3) is 5.91 Å². The van der Waals surface area contributed by atoms with E-state index >= 15 is 0 Å². The number of unbranched alkanes of at least 4 members (excludes halogenated alkanes) is 1. The van der Waals surface area contributed by atoms with Gasteiger partial charge in [0.05, 0.1) is 6.54 Å². The molecular weight excluding hydrogens is 244 g/mol. The maximum Gasteiger partial charge on any atom is 0.254 e. The number of hydrogen-bond acceptors (Lipinski definition) is 3. The summed E-state index contributed by atoms with van der Waals surface area (Å²) in [6.45, 7) is 4.13. The van der Waals surface area contributed by atoms with Gasteiger partial charge in [-0.25, -0.2) is 0 Å². The van der Waals surface area contributed by atoms with Crippen LogP contribution in [-0.4, -0.2) is 34.9 Å². The minimum Gasteiger partial charge on any atom is -0.508 e. The molecule has 0 aromatic heterocycles. The zero-order chi connectivity index (χ0) is 14.4. The molecule has 0 atom stereocenters. The fraction of sp³-hybridized carbons (Fsp3) is 0.429. The van der Waals surface area contributed by atoms with Crippen LogP contribution in [0.15, 0.2) is 18.2 Å². The molecular formula is C14H20N2O3. The van der Waals surface area contributed by atoms with Crippen molar-refractivity contribution < 1.29 is 14.7 Å². The lowest BCUT2D eigenvalue weighted by molar-refractivity contribution is -0.118. The second kappa shape index (κ2) is 6.78. The zero-order valence-electron chi connectivity index (χ0n) is 11.3. The number of primary amides is 1. The molecule has 1 aromatic carbocycles. The van der Waals surface area contributed by atoms with Crippen molar-refractivity contribution in [2.75, 3.05) is 13.1 Å². The van der Waals surface area contributed by atoms with Gasteiger partial charge in [0.15, 0.2) is 0 Å². The Bertz CT molecular complexity index is 472. The van der Waals surface area contributed by atoms with Crippen molar-refractivity contribution in [1.82, 2.24) is 4.90 Å². The summed E-state index contributed by atoms with van der Waals surface area (Å²) in [5.41, 5.74) is 6.21. The van der Waals surface area contributed by atoms with E-state index in [4.69, 9.17) is 5.73 Å². The molecule has 0 aliphatic carbocycles. The van der Waals surface area contributed by atoms with E-state index < -0.39 is 5.91 Å². The van der Waals surface area contributed by atoms with Gasteiger partial charge in [-0.15, -0.1) is 0 Å². The Morgan fingerprint density at radius 2 is 2.05 bits per heavy atom. The van der Waals surface area contributed by atoms with Gasteiger partial charge in [-0.1, -0.05) is 19.4 Å². The first-order valence-electron chi connectivity index (χ1n) is 6.33. The molecule has 3 N–H and O–H groups in total. The molecule has 0 aliphatic rings. The number of hydrogen-bond donors (Lipinski definition) is 2. The third kappa shape index (κ3) is 4.28. The number of carbonyl (C=O) groups is 2. The van der Waals surface area contributed by atoms with Gasteiger partial charge < -0.3 is 15.7 Å². The van der Waals surface area contributed by atoms with Crippen molar-refractivity contribution >= 4 is 11.8 Å². The molecule has 0 fully saturated rings. The summed E-state index contributed by atoms with van der Waals surface area (Å²) in [6.07, 6.45) is 1.72. The van der Waals surface area contributed by atoms with E-state index in [1.54, 1.807) is 19.1 Å². The Morgan fingerprint density at radius 1 is 1.37 bits per heavy atom. The van der Waals surface area contributed by atoms with E-state index in [9.17, 15) is 14.7 Å². The standard InChI is InChI=1S/C14H20N2O3/c1-3-4-7-16(9-13(15)18)14(19)11-6-5-10(2)12(17)8-11/h5-6,8,17H,3-4,7,9H2,1-2H3,(H2,15,18). The van der Waals surface area contributed by atoms with E-state index in [-0.39, 0.29) is 18.2 Å². The Morgan fingerprint density at radius 3 is 2.58 bits per heavy atom. The van der Waals surface area contributed by atoms with E-state index in [0.717, 1.165) is 12.8 Å². The van der Waals surface area contributed by atoms with Gasteiger partial charge in [0.1, 0.15) is 5.75 Å². The van der Waals surface area contributed by atoms with Crippen molar-refractivity contribution in [1.29, 1.82) is 0 Å². The van der Waals surface area contributed by atoms with Gasteiger partial charge in [-0.05, 0) is 31.0 Å². The van der Waals surface area contributed by atoms with E-state index in [1.165, 1.54) is 11.0 Å². The normalized spacial score (nSPS) is 10.2. The lowest BCUT2D eigenvalue weighted by atomic mass is 10.1. The van der Waals surface area contributed by atoms with Gasteiger partial charge in [-0.3, -0.25) is 9.59 Å². The molecule has 5 heteroatoms. The second-order valence-electron chi connectivity index (χ2n) is 4.55. The van der Waals surface area contributed by atoms with E-state index in [1.807, 2.05) is 6.92 Å². The van der Waals surface area contributed by atoms with Crippen molar-refractivity contribution in [3.8, 4) is 5.75 Å². The summed E-state index contributed by atoms with van der Waals surface area (Å²) in [6, 6.07) is 4.72. The summed E-state index contributed by atoms with van der Waals surface area (Å²) in [5.74, 6) is -0.760. The number of benzene rings is 1. The van der Waals surface area contributed by atoms with Crippen molar-refractivity contribution in [2.24, 2.45) is 5.73 Å². The average Bonchev–Trinajstić information content (AvgIpc) is 2.36. The van der Waals surface area contributed by atoms with Crippen LogP contribution < -0.4 is 5.73 Å². The monoisotopic (exact) mass is 264 g/mol. The maximum atomic E-state index is 12.3. The van der Waals surface area contributed by atoms with Gasteiger partial charge in [-0.2, -0.15) is 0 Å².